The van der Waals surface area contributed by atoms with Crippen molar-refractivity contribution in [3.63, 3.8) is 0 Å². The second-order valence-corrected chi connectivity index (χ2v) is 3.49. The van der Waals surface area contributed by atoms with Crippen LogP contribution in [0.1, 0.15) is 26.7 Å². The second-order valence-electron chi connectivity index (χ2n) is 3.49. The molecule has 0 bridgehead atoms. The summed E-state index contributed by atoms with van der Waals surface area (Å²) < 4.78 is 4.89. The van der Waals surface area contributed by atoms with Gasteiger partial charge < -0.3 is 14.4 Å². The molecule has 0 amide bonds. The molecular weight excluding hydrogens is 250 g/mol. The van der Waals surface area contributed by atoms with Crippen molar-refractivity contribution in [1.29, 1.82) is 0 Å². The Labute approximate surface area is 107 Å². The average molecular weight is 259 g/mol. The van der Waals surface area contributed by atoms with Crippen LogP contribution in [0.2, 0.25) is 0 Å². The first-order chi connectivity index (χ1) is 9.16. The van der Waals surface area contributed by atoms with Gasteiger partial charge in [0, 0.05) is 0 Å². The number of carbonyl (C=O) groups is 2. The van der Waals surface area contributed by atoms with Crippen molar-refractivity contribution in [2.45, 2.75) is 0 Å². The highest BCUT2D eigenvalue weighted by Gasteiger charge is 2.08. The minimum Gasteiger partial charge on any atom is -0.475 e. The van der Waals surface area contributed by atoms with Crippen LogP contribution in [-0.2, 0) is 4.84 Å². The summed E-state index contributed by atoms with van der Waals surface area (Å²) in [6, 6.07) is 11.0. The predicted octanol–water partition coefficient (Wildman–Crippen LogP) is 2.17. The van der Waals surface area contributed by atoms with E-state index in [1.54, 1.807) is 30.3 Å². The normalized spacial score (nSPS) is 10.5. The number of hydrogen-bond donors (Lipinski definition) is 1. The van der Waals surface area contributed by atoms with Gasteiger partial charge in [-0.05, 0) is 24.3 Å². The summed E-state index contributed by atoms with van der Waals surface area (Å²) in [5.41, 5.74) is 0.366. The Kier molecular flexibility index (Phi) is 3.72. The van der Waals surface area contributed by atoms with E-state index >= 15 is 0 Å². The van der Waals surface area contributed by atoms with Gasteiger partial charge >= 0.3 is 11.9 Å². The van der Waals surface area contributed by atoms with Crippen LogP contribution in [-0.4, -0.2) is 23.3 Å². The molecule has 1 aromatic carbocycles. The Morgan fingerprint density at radius 3 is 2.53 bits per heavy atom. The fourth-order valence-corrected chi connectivity index (χ4v) is 1.29. The monoisotopic (exact) mass is 259 g/mol. The third-order valence-electron chi connectivity index (χ3n) is 2.16. The number of benzene rings is 1. The molecule has 19 heavy (non-hydrogen) atoms. The molecule has 0 aliphatic carbocycles. The molecule has 96 valence electrons. The van der Waals surface area contributed by atoms with Crippen molar-refractivity contribution >= 4 is 18.2 Å². The fraction of sp³-hybridized carbons (Fsp3) is 0. The Morgan fingerprint density at radius 1 is 1.16 bits per heavy atom. The van der Waals surface area contributed by atoms with Gasteiger partial charge in [0.25, 0.3) is 0 Å². The number of carbonyl (C=O) groups excluding carboxylic acids is 1. The molecular formula is C13H9NO5. The summed E-state index contributed by atoms with van der Waals surface area (Å²) >= 11 is 0. The van der Waals surface area contributed by atoms with Crippen molar-refractivity contribution in [2.75, 3.05) is 0 Å². The first kappa shape index (κ1) is 12.6. The molecule has 6 nitrogen and oxygen atoms in total. The lowest BCUT2D eigenvalue weighted by Crippen LogP contribution is -2.00. The zero-order chi connectivity index (χ0) is 13.7. The Hall–Kier alpha value is -2.89. The maximum atomic E-state index is 11.5. The van der Waals surface area contributed by atoms with Gasteiger partial charge in [-0.15, -0.1) is 0 Å². The zero-order valence-corrected chi connectivity index (χ0v) is 9.65. The van der Waals surface area contributed by atoms with Crippen LogP contribution >= 0.6 is 0 Å². The number of rotatable bonds is 4. The van der Waals surface area contributed by atoms with Gasteiger partial charge in [0.05, 0.1) is 5.56 Å². The van der Waals surface area contributed by atoms with E-state index in [0.717, 1.165) is 6.21 Å². The fourth-order valence-electron chi connectivity index (χ4n) is 1.29. The molecule has 0 unspecified atom stereocenters. The maximum Gasteiger partial charge on any atom is 0.371 e. The highest BCUT2D eigenvalue weighted by Crippen LogP contribution is 2.06. The summed E-state index contributed by atoms with van der Waals surface area (Å²) in [7, 11) is 0. The summed E-state index contributed by atoms with van der Waals surface area (Å²) in [5.74, 6) is -1.82. The molecule has 0 saturated heterocycles. The van der Waals surface area contributed by atoms with Gasteiger partial charge in [0.15, 0.2) is 0 Å². The Morgan fingerprint density at radius 2 is 1.89 bits per heavy atom. The summed E-state index contributed by atoms with van der Waals surface area (Å²) in [6.45, 7) is 0. The van der Waals surface area contributed by atoms with Crippen LogP contribution in [0.4, 0.5) is 0 Å². The molecule has 1 N–H and O–H groups in total. The van der Waals surface area contributed by atoms with E-state index in [2.05, 4.69) is 9.99 Å². The highest BCUT2D eigenvalue weighted by molar-refractivity contribution is 5.90. The van der Waals surface area contributed by atoms with E-state index in [1.807, 2.05) is 0 Å². The van der Waals surface area contributed by atoms with Gasteiger partial charge in [0.1, 0.15) is 12.0 Å². The smallest absolute Gasteiger partial charge is 0.371 e. The lowest BCUT2D eigenvalue weighted by molar-refractivity contribution is 0.0517. The summed E-state index contributed by atoms with van der Waals surface area (Å²) in [4.78, 5) is 26.7. The van der Waals surface area contributed by atoms with Gasteiger partial charge in [-0.25, -0.2) is 9.59 Å². The third kappa shape index (κ3) is 3.29. The molecule has 0 saturated carbocycles. The van der Waals surface area contributed by atoms with E-state index in [1.165, 1.54) is 12.1 Å². The summed E-state index contributed by atoms with van der Waals surface area (Å²) in [5, 5.41) is 12.1. The molecule has 0 atom stereocenters. The quantitative estimate of drug-likeness (QED) is 0.516. The number of carboxylic acids is 1. The lowest BCUT2D eigenvalue weighted by atomic mass is 10.2. The Balaban J connectivity index is 1.96. The molecule has 1 heterocycles. The second kappa shape index (κ2) is 5.63. The standard InChI is InChI=1S/C13H9NO5/c15-12(16)11-7-6-10(18-11)8-14-19-13(17)9-4-2-1-3-5-9/h1-8H,(H,15,16). The van der Waals surface area contributed by atoms with Crippen LogP contribution in [0, 0.1) is 0 Å². The first-order valence-corrected chi connectivity index (χ1v) is 5.30. The largest absolute Gasteiger partial charge is 0.475 e. The molecule has 1 aromatic heterocycles. The molecule has 2 rings (SSSR count). The van der Waals surface area contributed by atoms with E-state index in [9.17, 15) is 9.59 Å². The molecule has 6 heteroatoms. The highest BCUT2D eigenvalue weighted by atomic mass is 16.7. The van der Waals surface area contributed by atoms with Gasteiger partial charge in [-0.2, -0.15) is 0 Å². The predicted molar refractivity (Wildman–Crippen MR) is 65.1 cm³/mol. The number of oxime groups is 1. The molecule has 0 spiro atoms. The number of nitrogens with zero attached hydrogens (tertiary/aromatic N) is 1. The zero-order valence-electron chi connectivity index (χ0n) is 9.65. The minimum absolute atomic E-state index is 0.179. The average Bonchev–Trinajstić information content (AvgIpc) is 2.89. The maximum absolute atomic E-state index is 11.5. The Bertz CT molecular complexity index is 615. The molecule has 0 fully saturated rings. The van der Waals surface area contributed by atoms with Crippen molar-refractivity contribution in [1.82, 2.24) is 0 Å². The number of hydrogen-bond acceptors (Lipinski definition) is 5. The SMILES string of the molecule is O=C(ON=Cc1ccc(C(=O)O)o1)c1ccccc1. The molecule has 0 radical (unpaired) electrons. The summed E-state index contributed by atoms with van der Waals surface area (Å²) in [6.07, 6.45) is 1.12. The first-order valence-electron chi connectivity index (χ1n) is 5.30. The minimum atomic E-state index is -1.18. The van der Waals surface area contributed by atoms with Crippen LogP contribution < -0.4 is 0 Å². The number of furan rings is 1. The van der Waals surface area contributed by atoms with E-state index in [-0.39, 0.29) is 11.5 Å². The van der Waals surface area contributed by atoms with Gasteiger partial charge in [-0.3, -0.25) is 0 Å². The van der Waals surface area contributed by atoms with Crippen LogP contribution in [0.25, 0.3) is 0 Å². The van der Waals surface area contributed by atoms with Crippen molar-refractivity contribution in [2.24, 2.45) is 5.16 Å². The van der Waals surface area contributed by atoms with E-state index in [4.69, 9.17) is 9.52 Å². The van der Waals surface area contributed by atoms with Crippen molar-refractivity contribution in [3.05, 3.63) is 59.5 Å². The van der Waals surface area contributed by atoms with Crippen molar-refractivity contribution < 1.29 is 24.0 Å². The molecule has 0 aliphatic heterocycles. The topological polar surface area (TPSA) is 89.1 Å². The third-order valence-corrected chi connectivity index (χ3v) is 2.16. The lowest BCUT2D eigenvalue weighted by Gasteiger charge is -1.95. The van der Waals surface area contributed by atoms with Gasteiger partial charge in [0.2, 0.25) is 5.76 Å². The number of aromatic carboxylic acids is 1. The number of carboxylic acid groups (broad SMARTS) is 1. The van der Waals surface area contributed by atoms with Crippen LogP contribution in [0.5, 0.6) is 0 Å². The van der Waals surface area contributed by atoms with Crippen LogP contribution in [0.3, 0.4) is 0 Å². The van der Waals surface area contributed by atoms with Crippen LogP contribution in [0.15, 0.2) is 52.0 Å². The molecule has 0 aliphatic rings. The van der Waals surface area contributed by atoms with Crippen molar-refractivity contribution in [3.8, 4) is 0 Å². The molecule has 2 aromatic rings. The van der Waals surface area contributed by atoms with E-state index < -0.39 is 11.9 Å². The van der Waals surface area contributed by atoms with Gasteiger partial charge in [-0.1, -0.05) is 23.4 Å². The van der Waals surface area contributed by atoms with E-state index in [0.29, 0.717) is 5.56 Å².